The van der Waals surface area contributed by atoms with Crippen molar-refractivity contribution in [3.05, 3.63) is 65.7 Å². The molecular formula is C26H34N2O3. The molecule has 0 saturated carbocycles. The van der Waals surface area contributed by atoms with Gasteiger partial charge in [-0.05, 0) is 49.8 Å². The van der Waals surface area contributed by atoms with E-state index in [2.05, 4.69) is 12.2 Å². The van der Waals surface area contributed by atoms with Crippen LogP contribution in [0.2, 0.25) is 0 Å². The summed E-state index contributed by atoms with van der Waals surface area (Å²) in [4.78, 5) is 27.3. The minimum atomic E-state index is -0.0828. The summed E-state index contributed by atoms with van der Waals surface area (Å²) in [5, 5.41) is 3.13. The van der Waals surface area contributed by atoms with Crippen molar-refractivity contribution < 1.29 is 14.3 Å². The summed E-state index contributed by atoms with van der Waals surface area (Å²) in [5.74, 6) is 1.06. The van der Waals surface area contributed by atoms with Gasteiger partial charge < -0.3 is 15.0 Å². The normalized spacial score (nSPS) is 15.4. The average molecular weight is 423 g/mol. The Hall–Kier alpha value is -2.82. The second-order valence-corrected chi connectivity index (χ2v) is 8.26. The number of rotatable bonds is 9. The molecule has 1 atom stereocenters. The third-order valence-electron chi connectivity index (χ3n) is 5.98. The van der Waals surface area contributed by atoms with Gasteiger partial charge in [-0.1, -0.05) is 55.5 Å². The van der Waals surface area contributed by atoms with Gasteiger partial charge in [0, 0.05) is 25.6 Å². The molecule has 3 rings (SSSR count). The Morgan fingerprint density at radius 2 is 1.74 bits per heavy atom. The molecule has 1 fully saturated rings. The van der Waals surface area contributed by atoms with E-state index in [0.29, 0.717) is 32.5 Å². The Labute approximate surface area is 185 Å². The van der Waals surface area contributed by atoms with E-state index in [1.165, 1.54) is 0 Å². The first-order valence-electron chi connectivity index (χ1n) is 11.4. The number of para-hydroxylation sites is 1. The van der Waals surface area contributed by atoms with E-state index in [0.717, 1.165) is 36.1 Å². The van der Waals surface area contributed by atoms with Crippen LogP contribution < -0.4 is 10.1 Å². The number of amides is 2. The van der Waals surface area contributed by atoms with Gasteiger partial charge in [-0.2, -0.15) is 0 Å². The number of nitrogens with one attached hydrogen (secondary N) is 1. The van der Waals surface area contributed by atoms with Crippen LogP contribution >= 0.6 is 0 Å². The molecular weight excluding hydrogens is 388 g/mol. The monoisotopic (exact) mass is 422 g/mol. The highest BCUT2D eigenvalue weighted by atomic mass is 16.5. The Morgan fingerprint density at radius 1 is 1.06 bits per heavy atom. The quantitative estimate of drug-likeness (QED) is 0.607. The first-order valence-corrected chi connectivity index (χ1v) is 11.4. The van der Waals surface area contributed by atoms with E-state index in [1.807, 2.05) is 66.4 Å². The lowest BCUT2D eigenvalue weighted by molar-refractivity contribution is -0.134. The van der Waals surface area contributed by atoms with Gasteiger partial charge in [0.2, 0.25) is 11.8 Å². The zero-order valence-corrected chi connectivity index (χ0v) is 18.7. The maximum atomic E-state index is 13.0. The fraction of sp³-hybridized carbons (Fsp3) is 0.462. The molecule has 2 aromatic rings. The maximum Gasteiger partial charge on any atom is 0.230 e. The Balaban J connectivity index is 1.37. The molecule has 5 nitrogen and oxygen atoms in total. The molecule has 1 heterocycles. The third kappa shape index (κ3) is 6.58. The van der Waals surface area contributed by atoms with Gasteiger partial charge in [0.15, 0.2) is 0 Å². The fourth-order valence-electron chi connectivity index (χ4n) is 4.14. The minimum Gasteiger partial charge on any atom is -0.493 e. The molecule has 5 heteroatoms. The van der Waals surface area contributed by atoms with Crippen LogP contribution in [0.5, 0.6) is 5.75 Å². The summed E-state index contributed by atoms with van der Waals surface area (Å²) in [5.41, 5.74) is 2.18. The van der Waals surface area contributed by atoms with Crippen LogP contribution in [-0.4, -0.2) is 42.5 Å². The number of ether oxygens (including phenoxy) is 1. The van der Waals surface area contributed by atoms with Crippen molar-refractivity contribution in [1.29, 1.82) is 0 Å². The van der Waals surface area contributed by atoms with E-state index in [4.69, 9.17) is 4.74 Å². The van der Waals surface area contributed by atoms with Crippen molar-refractivity contribution in [3.8, 4) is 5.75 Å². The Kier molecular flexibility index (Phi) is 8.51. The van der Waals surface area contributed by atoms with Crippen molar-refractivity contribution in [1.82, 2.24) is 10.2 Å². The van der Waals surface area contributed by atoms with E-state index >= 15 is 0 Å². The predicted molar refractivity (Wildman–Crippen MR) is 123 cm³/mol. The van der Waals surface area contributed by atoms with E-state index in [-0.39, 0.29) is 23.8 Å². The molecule has 31 heavy (non-hydrogen) atoms. The maximum absolute atomic E-state index is 13.0. The Morgan fingerprint density at radius 3 is 2.42 bits per heavy atom. The molecule has 1 aliphatic heterocycles. The summed E-state index contributed by atoms with van der Waals surface area (Å²) >= 11 is 0. The van der Waals surface area contributed by atoms with Gasteiger partial charge in [-0.25, -0.2) is 0 Å². The van der Waals surface area contributed by atoms with E-state index in [1.54, 1.807) is 0 Å². The number of benzene rings is 2. The second kappa shape index (κ2) is 11.5. The molecule has 1 aliphatic rings. The number of hydrogen-bond acceptors (Lipinski definition) is 3. The summed E-state index contributed by atoms with van der Waals surface area (Å²) in [6.07, 6.45) is 3.55. The molecule has 0 radical (unpaired) electrons. The molecule has 0 bridgehead atoms. The molecule has 1 unspecified atom stereocenters. The minimum absolute atomic E-state index is 0.0638. The number of carbonyl (C=O) groups is 2. The van der Waals surface area contributed by atoms with Crippen LogP contribution in [-0.2, 0) is 9.59 Å². The van der Waals surface area contributed by atoms with Crippen LogP contribution in [0.3, 0.4) is 0 Å². The molecule has 1 saturated heterocycles. The highest BCUT2D eigenvalue weighted by Crippen LogP contribution is 2.24. The van der Waals surface area contributed by atoms with Crippen molar-refractivity contribution >= 4 is 11.8 Å². The van der Waals surface area contributed by atoms with Gasteiger partial charge in [0.1, 0.15) is 5.75 Å². The number of hydrogen-bond donors (Lipinski definition) is 1. The second-order valence-electron chi connectivity index (χ2n) is 8.26. The first-order chi connectivity index (χ1) is 15.1. The van der Waals surface area contributed by atoms with Gasteiger partial charge in [-0.3, -0.25) is 9.59 Å². The molecule has 2 aromatic carbocycles. The number of piperidine rings is 1. The lowest BCUT2D eigenvalue weighted by atomic mass is 9.93. The van der Waals surface area contributed by atoms with Gasteiger partial charge in [-0.15, -0.1) is 0 Å². The lowest BCUT2D eigenvalue weighted by Gasteiger charge is -2.34. The highest BCUT2D eigenvalue weighted by molar-refractivity contribution is 5.84. The van der Waals surface area contributed by atoms with Crippen molar-refractivity contribution in [3.63, 3.8) is 0 Å². The average Bonchev–Trinajstić information content (AvgIpc) is 2.79. The van der Waals surface area contributed by atoms with Crippen LogP contribution in [0.4, 0.5) is 0 Å². The van der Waals surface area contributed by atoms with Crippen LogP contribution in [0, 0.1) is 6.92 Å². The van der Waals surface area contributed by atoms with Crippen molar-refractivity contribution in [2.45, 2.75) is 57.9 Å². The molecule has 2 amide bonds. The number of carbonyl (C=O) groups excluding carboxylic acids is 2. The van der Waals surface area contributed by atoms with Crippen LogP contribution in [0.25, 0.3) is 0 Å². The van der Waals surface area contributed by atoms with Crippen LogP contribution in [0.1, 0.15) is 56.1 Å². The molecule has 0 aromatic heterocycles. The zero-order chi connectivity index (χ0) is 22.1. The summed E-state index contributed by atoms with van der Waals surface area (Å²) < 4.78 is 5.76. The third-order valence-corrected chi connectivity index (χ3v) is 5.98. The molecule has 166 valence electrons. The van der Waals surface area contributed by atoms with Crippen molar-refractivity contribution in [2.24, 2.45) is 0 Å². The van der Waals surface area contributed by atoms with Crippen molar-refractivity contribution in [2.75, 3.05) is 19.7 Å². The van der Waals surface area contributed by atoms with Gasteiger partial charge >= 0.3 is 0 Å². The topological polar surface area (TPSA) is 58.6 Å². The standard InChI is InChI=1S/C26H34N2O3/c1-3-23(21-11-5-4-6-12-21)26(30)28-17-15-22(16-18-28)27-25(29)14-9-19-31-24-13-8-7-10-20(24)2/h4-8,10-13,22-23H,3,9,14-19H2,1-2H3,(H,27,29). The molecule has 0 aliphatic carbocycles. The number of aryl methyl sites for hydroxylation is 1. The van der Waals surface area contributed by atoms with Gasteiger partial charge in [0.05, 0.1) is 12.5 Å². The smallest absolute Gasteiger partial charge is 0.230 e. The largest absolute Gasteiger partial charge is 0.493 e. The Bertz CT molecular complexity index is 845. The van der Waals surface area contributed by atoms with Crippen LogP contribution in [0.15, 0.2) is 54.6 Å². The predicted octanol–water partition coefficient (Wildman–Crippen LogP) is 4.46. The summed E-state index contributed by atoms with van der Waals surface area (Å²) in [6, 6.07) is 18.1. The number of nitrogens with zero attached hydrogens (tertiary/aromatic N) is 1. The molecule has 0 spiro atoms. The van der Waals surface area contributed by atoms with Gasteiger partial charge in [0.25, 0.3) is 0 Å². The van der Waals surface area contributed by atoms with E-state index < -0.39 is 0 Å². The fourth-order valence-corrected chi connectivity index (χ4v) is 4.14. The number of likely N-dealkylation sites (tertiary alicyclic amines) is 1. The lowest BCUT2D eigenvalue weighted by Crippen LogP contribution is -2.47. The summed E-state index contributed by atoms with van der Waals surface area (Å²) in [6.45, 7) is 6.00. The molecule has 1 N–H and O–H groups in total. The highest BCUT2D eigenvalue weighted by Gasteiger charge is 2.28. The van der Waals surface area contributed by atoms with E-state index in [9.17, 15) is 9.59 Å². The SMILES string of the molecule is CCC(C(=O)N1CCC(NC(=O)CCCOc2ccccc2C)CC1)c1ccccc1. The summed E-state index contributed by atoms with van der Waals surface area (Å²) in [7, 11) is 0. The zero-order valence-electron chi connectivity index (χ0n) is 18.7. The first kappa shape index (κ1) is 22.9.